The molecule has 0 aliphatic carbocycles. The fraction of sp³-hybridized carbons (Fsp3) is 0.0909. The zero-order valence-corrected chi connectivity index (χ0v) is 6.87. The molecule has 1 aromatic carbocycles. The molecular formula is C11H9O. The van der Waals surface area contributed by atoms with Gasteiger partial charge in [-0.25, -0.2) is 0 Å². The van der Waals surface area contributed by atoms with Crippen LogP contribution in [0.4, 0.5) is 0 Å². The van der Waals surface area contributed by atoms with Gasteiger partial charge >= 0.3 is 0 Å². The molecule has 0 spiro atoms. The molecule has 0 unspecified atom stereocenters. The van der Waals surface area contributed by atoms with E-state index in [1.165, 1.54) is 0 Å². The van der Waals surface area contributed by atoms with Gasteiger partial charge in [0.2, 0.25) is 0 Å². The standard InChI is InChI=1S/C11H9O/c1-9-7-11(8-12-9)10-5-3-2-4-6-10/h2-5,7-8H,1H3. The molecule has 1 heterocycles. The summed E-state index contributed by atoms with van der Waals surface area (Å²) in [5, 5.41) is 0. The van der Waals surface area contributed by atoms with Crippen LogP contribution in [0.15, 0.2) is 41.0 Å². The first-order valence-electron chi connectivity index (χ1n) is 3.88. The summed E-state index contributed by atoms with van der Waals surface area (Å²) in [5.41, 5.74) is 2.17. The fourth-order valence-electron chi connectivity index (χ4n) is 1.16. The van der Waals surface area contributed by atoms with Crippen LogP contribution in [0, 0.1) is 13.0 Å². The van der Waals surface area contributed by atoms with Gasteiger partial charge < -0.3 is 4.42 Å². The van der Waals surface area contributed by atoms with Crippen molar-refractivity contribution in [1.82, 2.24) is 0 Å². The van der Waals surface area contributed by atoms with Gasteiger partial charge in [0.25, 0.3) is 0 Å². The molecule has 0 aliphatic heterocycles. The first-order valence-corrected chi connectivity index (χ1v) is 3.88. The van der Waals surface area contributed by atoms with Crippen molar-refractivity contribution < 1.29 is 4.42 Å². The Morgan fingerprint density at radius 2 is 2.25 bits per heavy atom. The smallest absolute Gasteiger partial charge is 0.101 e. The van der Waals surface area contributed by atoms with Crippen LogP contribution in [0.1, 0.15) is 5.76 Å². The van der Waals surface area contributed by atoms with Gasteiger partial charge in [0.05, 0.1) is 6.26 Å². The van der Waals surface area contributed by atoms with Crippen molar-refractivity contribution in [3.63, 3.8) is 0 Å². The molecule has 12 heavy (non-hydrogen) atoms. The third-order valence-electron chi connectivity index (χ3n) is 1.75. The number of rotatable bonds is 1. The predicted molar refractivity (Wildman–Crippen MR) is 47.7 cm³/mol. The molecule has 0 saturated carbocycles. The molecule has 0 fully saturated rings. The van der Waals surface area contributed by atoms with Crippen molar-refractivity contribution in [2.45, 2.75) is 6.92 Å². The van der Waals surface area contributed by atoms with Crippen LogP contribution in [0.2, 0.25) is 0 Å². The lowest BCUT2D eigenvalue weighted by molar-refractivity contribution is 0.535. The Kier molecular flexibility index (Phi) is 1.71. The first-order chi connectivity index (χ1) is 5.86. The molecule has 0 aliphatic rings. The molecule has 0 bridgehead atoms. The Morgan fingerprint density at radius 3 is 2.83 bits per heavy atom. The van der Waals surface area contributed by atoms with Crippen LogP contribution in [-0.4, -0.2) is 0 Å². The van der Waals surface area contributed by atoms with E-state index in [2.05, 4.69) is 6.07 Å². The Morgan fingerprint density at radius 1 is 1.33 bits per heavy atom. The number of hydrogen-bond acceptors (Lipinski definition) is 1. The van der Waals surface area contributed by atoms with E-state index >= 15 is 0 Å². The predicted octanol–water partition coefficient (Wildman–Crippen LogP) is 3.06. The second kappa shape index (κ2) is 2.86. The van der Waals surface area contributed by atoms with Crippen molar-refractivity contribution in [3.05, 3.63) is 48.4 Å². The molecule has 1 nitrogen and oxygen atoms in total. The van der Waals surface area contributed by atoms with Crippen LogP contribution in [0.3, 0.4) is 0 Å². The van der Waals surface area contributed by atoms with Crippen LogP contribution in [0.5, 0.6) is 0 Å². The van der Waals surface area contributed by atoms with Gasteiger partial charge in [0.1, 0.15) is 5.76 Å². The molecule has 2 aromatic rings. The van der Waals surface area contributed by atoms with Gasteiger partial charge in [-0.05, 0) is 24.6 Å². The summed E-state index contributed by atoms with van der Waals surface area (Å²) in [5.74, 6) is 0.933. The van der Waals surface area contributed by atoms with E-state index in [1.807, 2.05) is 37.3 Å². The highest BCUT2D eigenvalue weighted by Gasteiger charge is 1.99. The fourth-order valence-corrected chi connectivity index (χ4v) is 1.16. The van der Waals surface area contributed by atoms with E-state index in [0.717, 1.165) is 16.9 Å². The molecule has 0 N–H and O–H groups in total. The second-order valence-electron chi connectivity index (χ2n) is 2.72. The second-order valence-corrected chi connectivity index (χ2v) is 2.72. The SMILES string of the molecule is Cc1cc(-c2[c]cccc2)co1. The first kappa shape index (κ1) is 7.17. The molecule has 2 rings (SSSR count). The number of hydrogen-bond donors (Lipinski definition) is 0. The quantitative estimate of drug-likeness (QED) is 0.620. The maximum atomic E-state index is 5.20. The number of furan rings is 1. The Labute approximate surface area is 71.6 Å². The van der Waals surface area contributed by atoms with Crippen molar-refractivity contribution in [1.29, 1.82) is 0 Å². The Balaban J connectivity index is 2.45. The Hall–Kier alpha value is -1.50. The minimum absolute atomic E-state index is 0.933. The number of benzene rings is 1. The van der Waals surface area contributed by atoms with Crippen molar-refractivity contribution >= 4 is 0 Å². The highest BCUT2D eigenvalue weighted by Crippen LogP contribution is 2.20. The zero-order valence-electron chi connectivity index (χ0n) is 6.87. The van der Waals surface area contributed by atoms with Crippen molar-refractivity contribution in [3.8, 4) is 11.1 Å². The van der Waals surface area contributed by atoms with Crippen LogP contribution >= 0.6 is 0 Å². The molecule has 1 heteroatoms. The van der Waals surface area contributed by atoms with E-state index in [0.29, 0.717) is 0 Å². The van der Waals surface area contributed by atoms with E-state index in [-0.39, 0.29) is 0 Å². The zero-order chi connectivity index (χ0) is 8.39. The summed E-state index contributed by atoms with van der Waals surface area (Å²) in [4.78, 5) is 0. The summed E-state index contributed by atoms with van der Waals surface area (Å²) in [6.07, 6.45) is 1.75. The normalized spacial score (nSPS) is 10.1. The maximum Gasteiger partial charge on any atom is 0.101 e. The number of aryl methyl sites for hydroxylation is 1. The molecule has 0 saturated heterocycles. The highest BCUT2D eigenvalue weighted by molar-refractivity contribution is 5.61. The Bertz CT molecular complexity index is 360. The minimum atomic E-state index is 0.933. The topological polar surface area (TPSA) is 13.1 Å². The van der Waals surface area contributed by atoms with E-state index in [9.17, 15) is 0 Å². The minimum Gasteiger partial charge on any atom is -0.469 e. The third kappa shape index (κ3) is 1.26. The summed E-state index contributed by atoms with van der Waals surface area (Å²) in [6, 6.07) is 13.0. The summed E-state index contributed by atoms with van der Waals surface area (Å²) in [7, 11) is 0. The van der Waals surface area contributed by atoms with E-state index in [1.54, 1.807) is 6.26 Å². The summed E-state index contributed by atoms with van der Waals surface area (Å²) in [6.45, 7) is 1.94. The van der Waals surface area contributed by atoms with Crippen molar-refractivity contribution in [2.24, 2.45) is 0 Å². The van der Waals surface area contributed by atoms with Crippen LogP contribution in [-0.2, 0) is 0 Å². The van der Waals surface area contributed by atoms with Gasteiger partial charge in [-0.1, -0.05) is 24.3 Å². The van der Waals surface area contributed by atoms with Crippen LogP contribution < -0.4 is 0 Å². The lowest BCUT2D eigenvalue weighted by Gasteiger charge is -1.91. The monoisotopic (exact) mass is 157 g/mol. The van der Waals surface area contributed by atoms with Gasteiger partial charge in [0.15, 0.2) is 0 Å². The van der Waals surface area contributed by atoms with Gasteiger partial charge in [0, 0.05) is 5.56 Å². The lowest BCUT2D eigenvalue weighted by atomic mass is 10.1. The summed E-state index contributed by atoms with van der Waals surface area (Å²) < 4.78 is 5.20. The third-order valence-corrected chi connectivity index (χ3v) is 1.75. The van der Waals surface area contributed by atoms with Gasteiger partial charge in [-0.15, -0.1) is 0 Å². The molecule has 1 radical (unpaired) electrons. The maximum absolute atomic E-state index is 5.20. The van der Waals surface area contributed by atoms with Crippen LogP contribution in [0.25, 0.3) is 11.1 Å². The molecule has 1 aromatic heterocycles. The lowest BCUT2D eigenvalue weighted by Crippen LogP contribution is -1.70. The average Bonchev–Trinajstić information content (AvgIpc) is 2.54. The van der Waals surface area contributed by atoms with E-state index in [4.69, 9.17) is 4.42 Å². The molecule has 59 valence electrons. The summed E-state index contributed by atoms with van der Waals surface area (Å²) >= 11 is 0. The average molecular weight is 157 g/mol. The molecular weight excluding hydrogens is 148 g/mol. The highest BCUT2D eigenvalue weighted by atomic mass is 16.3. The van der Waals surface area contributed by atoms with Crippen molar-refractivity contribution in [2.75, 3.05) is 0 Å². The largest absolute Gasteiger partial charge is 0.469 e. The van der Waals surface area contributed by atoms with E-state index < -0.39 is 0 Å². The van der Waals surface area contributed by atoms with Gasteiger partial charge in [-0.2, -0.15) is 0 Å². The molecule has 0 amide bonds. The molecule has 0 atom stereocenters. The van der Waals surface area contributed by atoms with Gasteiger partial charge in [-0.3, -0.25) is 0 Å².